The van der Waals surface area contributed by atoms with E-state index in [1.165, 1.54) is 12.3 Å². The summed E-state index contributed by atoms with van der Waals surface area (Å²) < 4.78 is 52.5. The fourth-order valence-corrected chi connectivity index (χ4v) is 3.98. The van der Waals surface area contributed by atoms with E-state index in [4.69, 9.17) is 8.94 Å². The van der Waals surface area contributed by atoms with Gasteiger partial charge in [0.25, 0.3) is 5.91 Å². The van der Waals surface area contributed by atoms with Crippen LogP contribution in [0.15, 0.2) is 45.7 Å². The van der Waals surface area contributed by atoms with Crippen molar-refractivity contribution in [2.75, 3.05) is 6.54 Å². The van der Waals surface area contributed by atoms with Gasteiger partial charge in [-0.15, -0.1) is 0 Å². The SMILES string of the molecule is CCc1cc(C2CCCN2C(=O)c2cnn3c(C(F)(F)F)cc(-c4ccco4)nc23)on1. The Balaban J connectivity index is 1.59. The third-order valence-electron chi connectivity index (χ3n) is 5.55. The van der Waals surface area contributed by atoms with E-state index in [1.54, 1.807) is 17.0 Å². The van der Waals surface area contributed by atoms with Gasteiger partial charge in [0.2, 0.25) is 0 Å². The van der Waals surface area contributed by atoms with Gasteiger partial charge in [-0.2, -0.15) is 18.3 Å². The largest absolute Gasteiger partial charge is 0.463 e. The first-order valence-electron chi connectivity index (χ1n) is 10.1. The Bertz CT molecular complexity index is 1280. The number of fused-ring (bicyclic) bond motifs is 1. The molecule has 1 amide bonds. The third kappa shape index (κ3) is 3.33. The number of carbonyl (C=O) groups excluding carboxylic acids is 1. The van der Waals surface area contributed by atoms with E-state index in [9.17, 15) is 18.0 Å². The molecule has 0 aliphatic carbocycles. The zero-order chi connectivity index (χ0) is 22.5. The Morgan fingerprint density at radius 3 is 2.84 bits per heavy atom. The topological polar surface area (TPSA) is 89.7 Å². The van der Waals surface area contributed by atoms with Crippen LogP contribution < -0.4 is 0 Å². The Labute approximate surface area is 179 Å². The second-order valence-corrected chi connectivity index (χ2v) is 7.53. The lowest BCUT2D eigenvalue weighted by Crippen LogP contribution is -2.30. The molecule has 1 atom stereocenters. The van der Waals surface area contributed by atoms with Crippen molar-refractivity contribution >= 4 is 11.6 Å². The number of hydrogen-bond acceptors (Lipinski definition) is 6. The highest BCUT2D eigenvalue weighted by Gasteiger charge is 2.38. The fourth-order valence-electron chi connectivity index (χ4n) is 3.98. The summed E-state index contributed by atoms with van der Waals surface area (Å²) in [6.07, 6.45) is -0.148. The summed E-state index contributed by atoms with van der Waals surface area (Å²) in [5.41, 5.74) is -0.520. The van der Waals surface area contributed by atoms with Crippen LogP contribution in [0, 0.1) is 0 Å². The second-order valence-electron chi connectivity index (χ2n) is 7.53. The highest BCUT2D eigenvalue weighted by Crippen LogP contribution is 2.36. The molecule has 0 spiro atoms. The number of alkyl halides is 3. The van der Waals surface area contributed by atoms with Crippen LogP contribution in [-0.4, -0.2) is 37.1 Å². The van der Waals surface area contributed by atoms with Gasteiger partial charge in [0, 0.05) is 12.6 Å². The fraction of sp³-hybridized carbons (Fsp3) is 0.333. The van der Waals surface area contributed by atoms with Crippen molar-refractivity contribution in [3.8, 4) is 11.5 Å². The lowest BCUT2D eigenvalue weighted by atomic mass is 10.1. The van der Waals surface area contributed by atoms with Crippen LogP contribution in [-0.2, 0) is 12.6 Å². The lowest BCUT2D eigenvalue weighted by Gasteiger charge is -2.22. The first kappa shape index (κ1) is 20.3. The minimum atomic E-state index is -4.71. The van der Waals surface area contributed by atoms with Crippen LogP contribution in [0.4, 0.5) is 13.2 Å². The molecule has 1 aliphatic heterocycles. The van der Waals surface area contributed by atoms with E-state index in [2.05, 4.69) is 15.2 Å². The number of aryl methyl sites for hydroxylation is 1. The maximum absolute atomic E-state index is 13.7. The summed E-state index contributed by atoms with van der Waals surface area (Å²) >= 11 is 0. The molecule has 0 saturated carbocycles. The molecule has 5 rings (SSSR count). The zero-order valence-corrected chi connectivity index (χ0v) is 17.0. The molecule has 11 heteroatoms. The van der Waals surface area contributed by atoms with Crippen molar-refractivity contribution in [1.29, 1.82) is 0 Å². The maximum Gasteiger partial charge on any atom is 0.433 e. The number of likely N-dealkylation sites (tertiary alicyclic amines) is 1. The first-order valence-corrected chi connectivity index (χ1v) is 10.1. The molecule has 5 heterocycles. The van der Waals surface area contributed by atoms with Crippen molar-refractivity contribution in [2.45, 2.75) is 38.4 Å². The van der Waals surface area contributed by atoms with Crippen molar-refractivity contribution in [3.05, 3.63) is 59.4 Å². The molecule has 166 valence electrons. The van der Waals surface area contributed by atoms with Gasteiger partial charge in [-0.25, -0.2) is 9.50 Å². The number of furan rings is 1. The van der Waals surface area contributed by atoms with Gasteiger partial charge < -0.3 is 13.8 Å². The molecule has 32 heavy (non-hydrogen) atoms. The molecule has 4 aromatic rings. The molecular formula is C21H18F3N5O3. The Morgan fingerprint density at radius 2 is 2.16 bits per heavy atom. The van der Waals surface area contributed by atoms with E-state index < -0.39 is 17.8 Å². The summed E-state index contributed by atoms with van der Waals surface area (Å²) in [7, 11) is 0. The minimum absolute atomic E-state index is 0.0222. The van der Waals surface area contributed by atoms with Gasteiger partial charge in [-0.1, -0.05) is 12.1 Å². The van der Waals surface area contributed by atoms with Gasteiger partial charge in [0.05, 0.1) is 24.2 Å². The highest BCUT2D eigenvalue weighted by molar-refractivity contribution is 6.00. The first-order chi connectivity index (χ1) is 15.4. The van der Waals surface area contributed by atoms with Crippen LogP contribution in [0.2, 0.25) is 0 Å². The number of halogens is 3. The van der Waals surface area contributed by atoms with E-state index in [0.29, 0.717) is 29.7 Å². The summed E-state index contributed by atoms with van der Waals surface area (Å²) in [6.45, 7) is 2.38. The lowest BCUT2D eigenvalue weighted by molar-refractivity contribution is -0.142. The summed E-state index contributed by atoms with van der Waals surface area (Å²) in [6, 6.07) is 5.37. The van der Waals surface area contributed by atoms with Gasteiger partial charge in [-0.3, -0.25) is 4.79 Å². The molecule has 4 aromatic heterocycles. The van der Waals surface area contributed by atoms with Crippen molar-refractivity contribution < 1.29 is 26.9 Å². The monoisotopic (exact) mass is 445 g/mol. The Morgan fingerprint density at radius 1 is 1.31 bits per heavy atom. The van der Waals surface area contributed by atoms with Gasteiger partial charge >= 0.3 is 6.18 Å². The quantitative estimate of drug-likeness (QED) is 0.458. The molecule has 8 nitrogen and oxygen atoms in total. The van der Waals surface area contributed by atoms with E-state index in [1.807, 2.05) is 6.92 Å². The average Bonchev–Trinajstić information content (AvgIpc) is 3.56. The average molecular weight is 445 g/mol. The zero-order valence-electron chi connectivity index (χ0n) is 17.0. The predicted molar refractivity (Wildman–Crippen MR) is 105 cm³/mol. The number of amides is 1. The number of nitrogens with zero attached hydrogens (tertiary/aromatic N) is 5. The van der Waals surface area contributed by atoms with Crippen molar-refractivity contribution in [1.82, 2.24) is 24.7 Å². The summed E-state index contributed by atoms with van der Waals surface area (Å²) in [5.74, 6) is 0.254. The molecule has 0 aromatic carbocycles. The number of aromatic nitrogens is 4. The number of rotatable bonds is 4. The second kappa shape index (κ2) is 7.50. The van der Waals surface area contributed by atoms with E-state index in [0.717, 1.165) is 24.4 Å². The molecule has 0 radical (unpaired) electrons. The summed E-state index contributed by atoms with van der Waals surface area (Å²) in [5, 5.41) is 7.82. The molecule has 1 saturated heterocycles. The molecule has 1 aliphatic rings. The Hall–Kier alpha value is -3.63. The van der Waals surface area contributed by atoms with Crippen LogP contribution in [0.1, 0.15) is 53.3 Å². The molecule has 0 N–H and O–H groups in total. The van der Waals surface area contributed by atoms with Crippen LogP contribution in [0.5, 0.6) is 0 Å². The van der Waals surface area contributed by atoms with Gasteiger partial charge in [-0.05, 0) is 37.5 Å². The normalized spacial score (nSPS) is 16.9. The van der Waals surface area contributed by atoms with Gasteiger partial charge in [0.15, 0.2) is 22.9 Å². The summed E-state index contributed by atoms with van der Waals surface area (Å²) in [4.78, 5) is 19.3. The van der Waals surface area contributed by atoms with Crippen LogP contribution in [0.25, 0.3) is 17.1 Å². The molecule has 1 unspecified atom stereocenters. The Kier molecular flexibility index (Phi) is 4.75. The molecule has 1 fully saturated rings. The third-order valence-corrected chi connectivity index (χ3v) is 5.55. The van der Waals surface area contributed by atoms with Crippen LogP contribution in [0.3, 0.4) is 0 Å². The maximum atomic E-state index is 13.7. The smallest absolute Gasteiger partial charge is 0.433 e. The molecule has 0 bridgehead atoms. The minimum Gasteiger partial charge on any atom is -0.463 e. The van der Waals surface area contributed by atoms with E-state index in [-0.39, 0.29) is 28.7 Å². The number of hydrogen-bond donors (Lipinski definition) is 0. The highest BCUT2D eigenvalue weighted by atomic mass is 19.4. The van der Waals surface area contributed by atoms with Crippen molar-refractivity contribution in [3.63, 3.8) is 0 Å². The number of carbonyl (C=O) groups is 1. The van der Waals surface area contributed by atoms with E-state index >= 15 is 0 Å². The predicted octanol–water partition coefficient (Wildman–Crippen LogP) is 4.54. The van der Waals surface area contributed by atoms with Crippen LogP contribution >= 0.6 is 0 Å². The molecular weight excluding hydrogens is 427 g/mol. The van der Waals surface area contributed by atoms with Gasteiger partial charge in [0.1, 0.15) is 11.3 Å². The standard InChI is InChI=1S/C21H18F3N5O3/c1-2-12-9-17(32-27-12)15-5-3-7-28(15)20(30)13-11-25-29-18(21(22,23)24)10-14(26-19(13)29)16-6-4-8-31-16/h4,6,8-11,15H,2-3,5,7H2,1H3. The van der Waals surface area contributed by atoms with Crippen molar-refractivity contribution in [2.24, 2.45) is 0 Å².